The molecule has 3 aromatic rings. The van der Waals surface area contributed by atoms with Crippen LogP contribution in [0.25, 0.3) is 12.2 Å². The highest BCUT2D eigenvalue weighted by Gasteiger charge is 2.17. The Morgan fingerprint density at radius 3 is 2.03 bits per heavy atom. The molecule has 38 heavy (non-hydrogen) atoms. The fourth-order valence-electron chi connectivity index (χ4n) is 3.01. The van der Waals surface area contributed by atoms with Crippen LogP contribution in [0, 0.1) is 0 Å². The van der Waals surface area contributed by atoms with Crippen LogP contribution in [0.2, 0.25) is 0 Å². The number of ether oxygens (including phenoxy) is 1. The second-order valence-corrected chi connectivity index (χ2v) is 11.7. The predicted octanol–water partition coefficient (Wildman–Crippen LogP) is 1.59. The van der Waals surface area contributed by atoms with Crippen molar-refractivity contribution < 1.29 is 43.6 Å². The van der Waals surface area contributed by atoms with Crippen molar-refractivity contribution in [2.24, 2.45) is 0 Å². The standard InChI is InChI=1S/C20H21N5O10S3/c1-35-20-24-18(21-10-11-36(26,27)28)23-19(25-20)22-15-9-8-14(17(12-15)38(32,33)34)7-6-13-4-2-3-5-16(13)37(29,30)31/h2-9,12H,10-11H2,1H3,(H,26,27,28)(H,29,30,31)(H,32,33,34)(H2,21,22,23,24,25). The van der Waals surface area contributed by atoms with E-state index in [-0.39, 0.29) is 41.3 Å². The summed E-state index contributed by atoms with van der Waals surface area (Å²) in [5.41, 5.74) is 0.166. The van der Waals surface area contributed by atoms with Gasteiger partial charge in [-0.3, -0.25) is 13.7 Å². The second-order valence-electron chi connectivity index (χ2n) is 7.38. The number of anilines is 3. The number of methoxy groups -OCH3 is 1. The quantitative estimate of drug-likeness (QED) is 0.158. The van der Waals surface area contributed by atoms with Gasteiger partial charge < -0.3 is 15.4 Å². The third-order valence-corrected chi connectivity index (χ3v) is 7.18. The van der Waals surface area contributed by atoms with Crippen molar-refractivity contribution in [1.29, 1.82) is 0 Å². The number of hydrogen-bond acceptors (Lipinski definition) is 12. The molecule has 0 saturated heterocycles. The molecule has 5 N–H and O–H groups in total. The Morgan fingerprint density at radius 1 is 0.816 bits per heavy atom. The predicted molar refractivity (Wildman–Crippen MR) is 136 cm³/mol. The van der Waals surface area contributed by atoms with Crippen LogP contribution >= 0.6 is 0 Å². The number of hydrogen-bond donors (Lipinski definition) is 5. The molecule has 18 heteroatoms. The van der Waals surface area contributed by atoms with E-state index >= 15 is 0 Å². The normalized spacial score (nSPS) is 12.4. The highest BCUT2D eigenvalue weighted by atomic mass is 32.2. The fourth-order valence-corrected chi connectivity index (χ4v) is 4.76. The smallest absolute Gasteiger partial charge is 0.322 e. The van der Waals surface area contributed by atoms with Crippen LogP contribution in [0.3, 0.4) is 0 Å². The van der Waals surface area contributed by atoms with E-state index < -0.39 is 45.9 Å². The van der Waals surface area contributed by atoms with E-state index in [1.165, 1.54) is 55.7 Å². The minimum Gasteiger partial charge on any atom is -0.467 e. The van der Waals surface area contributed by atoms with Crippen LogP contribution in [0.1, 0.15) is 11.1 Å². The molecule has 1 aromatic heterocycles. The zero-order chi connectivity index (χ0) is 28.1. The first-order chi connectivity index (χ1) is 17.7. The van der Waals surface area contributed by atoms with Crippen LogP contribution < -0.4 is 15.4 Å². The molecule has 3 rings (SSSR count). The van der Waals surface area contributed by atoms with Crippen LogP contribution in [-0.2, 0) is 30.4 Å². The first kappa shape index (κ1) is 28.9. The average Bonchev–Trinajstić information content (AvgIpc) is 2.81. The maximum absolute atomic E-state index is 12.1. The van der Waals surface area contributed by atoms with E-state index in [9.17, 15) is 34.4 Å². The summed E-state index contributed by atoms with van der Waals surface area (Å²) in [5.74, 6) is -0.876. The van der Waals surface area contributed by atoms with E-state index in [4.69, 9.17) is 9.29 Å². The average molecular weight is 588 g/mol. The molecule has 204 valence electrons. The van der Waals surface area contributed by atoms with Gasteiger partial charge in [-0.1, -0.05) is 36.4 Å². The molecule has 0 atom stereocenters. The molecule has 0 unspecified atom stereocenters. The van der Waals surface area contributed by atoms with Gasteiger partial charge in [-0.05, 0) is 29.3 Å². The topological polar surface area (TPSA) is 235 Å². The van der Waals surface area contributed by atoms with Gasteiger partial charge in [-0.2, -0.15) is 40.2 Å². The zero-order valence-corrected chi connectivity index (χ0v) is 21.8. The SMILES string of the molecule is COc1nc(NCCS(=O)(=O)O)nc(Nc2ccc(C=Cc3ccccc3S(=O)(=O)O)c(S(=O)(=O)O)c2)n1. The van der Waals surface area contributed by atoms with E-state index in [1.54, 1.807) is 0 Å². The van der Waals surface area contributed by atoms with Crippen molar-refractivity contribution in [2.45, 2.75) is 9.79 Å². The number of nitrogens with zero attached hydrogens (tertiary/aromatic N) is 3. The summed E-state index contributed by atoms with van der Waals surface area (Å²) in [6.45, 7) is -0.236. The zero-order valence-electron chi connectivity index (χ0n) is 19.4. The first-order valence-corrected chi connectivity index (χ1v) is 14.8. The lowest BCUT2D eigenvalue weighted by Gasteiger charge is -2.11. The van der Waals surface area contributed by atoms with Crippen molar-refractivity contribution in [3.8, 4) is 6.01 Å². The van der Waals surface area contributed by atoms with Crippen molar-refractivity contribution in [3.63, 3.8) is 0 Å². The summed E-state index contributed by atoms with van der Waals surface area (Å²) >= 11 is 0. The maximum Gasteiger partial charge on any atom is 0.322 e. The van der Waals surface area contributed by atoms with Gasteiger partial charge >= 0.3 is 6.01 Å². The Kier molecular flexibility index (Phi) is 8.65. The number of rotatable bonds is 11. The Labute approximate surface area is 217 Å². The summed E-state index contributed by atoms with van der Waals surface area (Å²) in [7, 11) is -12.3. The largest absolute Gasteiger partial charge is 0.467 e. The lowest BCUT2D eigenvalue weighted by Crippen LogP contribution is -2.16. The van der Waals surface area contributed by atoms with Crippen LogP contribution in [0.4, 0.5) is 17.6 Å². The monoisotopic (exact) mass is 587 g/mol. The van der Waals surface area contributed by atoms with Gasteiger partial charge in [0, 0.05) is 12.2 Å². The highest BCUT2D eigenvalue weighted by Crippen LogP contribution is 2.26. The van der Waals surface area contributed by atoms with Crippen LogP contribution in [0.15, 0.2) is 52.3 Å². The van der Waals surface area contributed by atoms with Crippen molar-refractivity contribution >= 4 is 60.1 Å². The minimum absolute atomic E-state index is 0.0102. The minimum atomic E-state index is -4.77. The summed E-state index contributed by atoms with van der Waals surface area (Å²) in [4.78, 5) is 10.9. The van der Waals surface area contributed by atoms with Crippen LogP contribution in [-0.4, -0.2) is 73.3 Å². The summed E-state index contributed by atoms with van der Waals surface area (Å²) in [5, 5.41) is 5.27. The Bertz CT molecular complexity index is 1690. The maximum atomic E-state index is 12.1. The van der Waals surface area contributed by atoms with E-state index in [0.717, 1.165) is 6.07 Å². The molecular weight excluding hydrogens is 566 g/mol. The second kappa shape index (κ2) is 11.4. The molecule has 0 aliphatic rings. The van der Waals surface area contributed by atoms with Gasteiger partial charge in [-0.15, -0.1) is 0 Å². The lowest BCUT2D eigenvalue weighted by molar-refractivity contribution is 0.379. The lowest BCUT2D eigenvalue weighted by atomic mass is 10.1. The molecule has 0 spiro atoms. The molecule has 0 saturated carbocycles. The van der Waals surface area contributed by atoms with Gasteiger partial charge in [0.05, 0.1) is 12.9 Å². The van der Waals surface area contributed by atoms with E-state index in [0.29, 0.717) is 0 Å². The molecule has 0 aliphatic heterocycles. The number of nitrogens with one attached hydrogen (secondary N) is 2. The highest BCUT2D eigenvalue weighted by molar-refractivity contribution is 7.86. The van der Waals surface area contributed by atoms with Crippen molar-refractivity contribution in [3.05, 3.63) is 53.6 Å². The molecule has 0 fully saturated rings. The molecule has 0 amide bonds. The van der Waals surface area contributed by atoms with Gasteiger partial charge in [0.1, 0.15) is 9.79 Å². The number of benzene rings is 2. The van der Waals surface area contributed by atoms with Crippen molar-refractivity contribution in [2.75, 3.05) is 30.0 Å². The molecule has 15 nitrogen and oxygen atoms in total. The van der Waals surface area contributed by atoms with Gasteiger partial charge in [0.25, 0.3) is 30.4 Å². The molecule has 0 bridgehead atoms. The third kappa shape index (κ3) is 8.16. The molecule has 0 aliphatic carbocycles. The first-order valence-electron chi connectivity index (χ1n) is 10.3. The Balaban J connectivity index is 1.93. The summed E-state index contributed by atoms with van der Waals surface area (Å²) in [6, 6.07) is 9.07. The summed E-state index contributed by atoms with van der Waals surface area (Å²) < 4.78 is 102. The van der Waals surface area contributed by atoms with Crippen molar-refractivity contribution in [1.82, 2.24) is 15.0 Å². The number of aromatic nitrogens is 3. The molecule has 0 radical (unpaired) electrons. The van der Waals surface area contributed by atoms with Gasteiger partial charge in [-0.25, -0.2) is 0 Å². The molecule has 1 heterocycles. The third-order valence-electron chi connectivity index (χ3n) is 4.63. The Hall–Kier alpha value is -3.68. The van der Waals surface area contributed by atoms with E-state index in [2.05, 4.69) is 25.6 Å². The molecular formula is C20H21N5O10S3. The summed E-state index contributed by atoms with van der Waals surface area (Å²) in [6.07, 6.45) is 2.49. The van der Waals surface area contributed by atoms with Crippen LogP contribution in [0.5, 0.6) is 6.01 Å². The fraction of sp³-hybridized carbons (Fsp3) is 0.150. The van der Waals surface area contributed by atoms with Gasteiger partial charge in [0.2, 0.25) is 11.9 Å². The molecule has 2 aromatic carbocycles. The van der Waals surface area contributed by atoms with Gasteiger partial charge in [0.15, 0.2) is 0 Å². The van der Waals surface area contributed by atoms with E-state index in [1.807, 2.05) is 0 Å². The Morgan fingerprint density at radius 2 is 1.42 bits per heavy atom.